The van der Waals surface area contributed by atoms with Crippen LogP contribution in [0.5, 0.6) is 0 Å². The number of ether oxygens (including phenoxy) is 1. The van der Waals surface area contributed by atoms with Crippen molar-refractivity contribution in [1.82, 2.24) is 4.90 Å². The number of esters is 1. The molecule has 0 aliphatic carbocycles. The second-order valence-electron chi connectivity index (χ2n) is 12.4. The van der Waals surface area contributed by atoms with E-state index in [1.165, 1.54) is 11.8 Å². The van der Waals surface area contributed by atoms with Gasteiger partial charge in [-0.2, -0.15) is 0 Å². The fraction of sp³-hybridized carbons (Fsp3) is 0.457. The van der Waals surface area contributed by atoms with Gasteiger partial charge in [0, 0.05) is 17.0 Å². The number of aliphatic hydroxyl groups excluding tert-OH is 1. The number of fused-ring (bicyclic) bond motifs is 2. The topological polar surface area (TPSA) is 87.2 Å². The second-order valence-corrected chi connectivity index (χ2v) is 14.2. The van der Waals surface area contributed by atoms with Crippen LogP contribution in [-0.4, -0.2) is 69.1 Å². The van der Waals surface area contributed by atoms with Gasteiger partial charge in [-0.1, -0.05) is 72.8 Å². The average molecular weight is 601 g/mol. The average Bonchev–Trinajstić information content (AvgIpc) is 3.32. The van der Waals surface area contributed by atoms with Crippen LogP contribution in [0.2, 0.25) is 0 Å². The maximum atomic E-state index is 15.0. The molecule has 0 bridgehead atoms. The summed E-state index contributed by atoms with van der Waals surface area (Å²) in [5, 5.41) is 10.8. The second kappa shape index (κ2) is 11.6. The summed E-state index contributed by atoms with van der Waals surface area (Å²) < 4.78 is 4.04. The van der Waals surface area contributed by atoms with Crippen LogP contribution in [0.1, 0.15) is 42.9 Å². The molecule has 8 heteroatoms. The molecule has 6 atom stereocenters. The number of aliphatic hydroxyl groups is 1. The number of allylic oxidation sites excluding steroid dienone is 1. The quantitative estimate of drug-likeness (QED) is 0.393. The van der Waals surface area contributed by atoms with Crippen molar-refractivity contribution >= 4 is 35.2 Å². The number of rotatable bonds is 5. The minimum Gasteiger partial charge on any atom is -0.465 e. The number of para-hydroxylation sites is 1. The lowest BCUT2D eigenvalue weighted by molar-refractivity contribution is -0.154. The summed E-state index contributed by atoms with van der Waals surface area (Å²) >= 11 is 1.54. The highest BCUT2D eigenvalue weighted by atomic mass is 32.2. The van der Waals surface area contributed by atoms with Crippen molar-refractivity contribution in [3.8, 4) is 0 Å². The van der Waals surface area contributed by atoms with Gasteiger partial charge in [0.1, 0.15) is 6.04 Å². The molecule has 1 spiro atoms. The molecule has 0 radical (unpaired) electrons. The molecule has 6 rings (SSSR count). The third-order valence-corrected chi connectivity index (χ3v) is 11.4. The van der Waals surface area contributed by atoms with Gasteiger partial charge in [0.15, 0.2) is 0 Å². The number of thioether (sulfide) groups is 1. The van der Waals surface area contributed by atoms with Gasteiger partial charge in [-0.15, -0.1) is 11.8 Å². The normalized spacial score (nSPS) is 32.0. The monoisotopic (exact) mass is 600 g/mol. The summed E-state index contributed by atoms with van der Waals surface area (Å²) in [6.07, 6.45) is 11.1. The van der Waals surface area contributed by atoms with Gasteiger partial charge in [0.25, 0.3) is 5.91 Å². The Kier molecular flexibility index (Phi) is 8.03. The largest absolute Gasteiger partial charge is 0.465 e. The van der Waals surface area contributed by atoms with Crippen molar-refractivity contribution in [1.29, 1.82) is 0 Å². The summed E-state index contributed by atoms with van der Waals surface area (Å²) in [5.41, 5.74) is 3.74. The first-order valence-electron chi connectivity index (χ1n) is 15.3. The molecule has 4 heterocycles. The molecule has 2 fully saturated rings. The lowest BCUT2D eigenvalue weighted by Gasteiger charge is -2.40. The summed E-state index contributed by atoms with van der Waals surface area (Å²) in [4.78, 5) is 47.1. The Bertz CT molecular complexity index is 1450. The number of carbonyl (C=O) groups excluding carboxylic acids is 3. The van der Waals surface area contributed by atoms with Gasteiger partial charge >= 0.3 is 5.97 Å². The smallest absolute Gasteiger partial charge is 0.311 e. The molecule has 4 aliphatic rings. The van der Waals surface area contributed by atoms with Gasteiger partial charge in [-0.05, 0) is 63.1 Å². The van der Waals surface area contributed by atoms with Gasteiger partial charge in [-0.25, -0.2) is 0 Å². The fourth-order valence-electron chi connectivity index (χ4n) is 7.70. The van der Waals surface area contributed by atoms with Crippen LogP contribution in [-0.2, 0) is 25.5 Å². The standard InChI is InChI=1S/C35H40N2O5S/c1-23-13-11-14-24(2)29(23)36-19-12-18-35-27(28-33(41)42-20-10-5-4-9-17-34(28,3)43-35)31(39)37(30(35)32(36)40)26(22-38)21-25-15-7-6-8-16-25/h6-9,11-18,26-28,30,38H,4-5,10,19-22H2,1-3H3/b17-9-/t26-,27+,28+,30?,34-,35+/m1/s1. The van der Waals surface area contributed by atoms with Crippen molar-refractivity contribution in [3.63, 3.8) is 0 Å². The highest BCUT2D eigenvalue weighted by Crippen LogP contribution is 2.65. The lowest BCUT2D eigenvalue weighted by Crippen LogP contribution is -2.57. The Morgan fingerprint density at radius 3 is 2.42 bits per heavy atom. The number of cyclic esters (lactones) is 1. The van der Waals surface area contributed by atoms with E-state index in [9.17, 15) is 19.5 Å². The predicted octanol–water partition coefficient (Wildman–Crippen LogP) is 4.78. The molecule has 2 amide bonds. The number of amides is 2. The maximum Gasteiger partial charge on any atom is 0.311 e. The zero-order chi connectivity index (χ0) is 30.4. The van der Waals surface area contributed by atoms with Gasteiger partial charge in [-0.3, -0.25) is 14.4 Å². The minimum atomic E-state index is -1.01. The molecule has 0 saturated carbocycles. The summed E-state index contributed by atoms with van der Waals surface area (Å²) in [6, 6.07) is 14.1. The summed E-state index contributed by atoms with van der Waals surface area (Å²) in [7, 11) is 0. The van der Waals surface area contributed by atoms with Crippen molar-refractivity contribution in [2.45, 2.75) is 68.0 Å². The first kappa shape index (κ1) is 29.7. The first-order chi connectivity index (χ1) is 20.7. The molecular formula is C35H40N2O5S. The van der Waals surface area contributed by atoms with Crippen molar-refractivity contribution in [3.05, 3.63) is 89.5 Å². The first-order valence-corrected chi connectivity index (χ1v) is 16.1. The molecule has 7 nitrogen and oxygen atoms in total. The molecule has 0 aromatic heterocycles. The van der Waals surface area contributed by atoms with Crippen LogP contribution in [0.15, 0.2) is 72.8 Å². The van der Waals surface area contributed by atoms with E-state index < -0.39 is 39.4 Å². The third kappa shape index (κ3) is 4.92. The zero-order valence-corrected chi connectivity index (χ0v) is 25.9. The number of benzene rings is 2. The van der Waals surface area contributed by atoms with Crippen LogP contribution in [0.4, 0.5) is 5.69 Å². The molecular weight excluding hydrogens is 560 g/mol. The maximum absolute atomic E-state index is 15.0. The lowest BCUT2D eigenvalue weighted by atomic mass is 9.74. The van der Waals surface area contributed by atoms with Crippen LogP contribution >= 0.6 is 11.8 Å². The molecule has 4 aliphatic heterocycles. The highest BCUT2D eigenvalue weighted by molar-refractivity contribution is 8.02. The summed E-state index contributed by atoms with van der Waals surface area (Å²) in [5.74, 6) is -2.44. The molecule has 2 saturated heterocycles. The van der Waals surface area contributed by atoms with E-state index in [-0.39, 0.29) is 18.4 Å². The molecule has 2 aromatic carbocycles. The predicted molar refractivity (Wildman–Crippen MR) is 169 cm³/mol. The Balaban J connectivity index is 1.52. The number of anilines is 1. The molecule has 43 heavy (non-hydrogen) atoms. The number of carbonyl (C=O) groups is 3. The number of hydrogen-bond acceptors (Lipinski definition) is 6. The van der Waals surface area contributed by atoms with Gasteiger partial charge in [0.2, 0.25) is 5.91 Å². The van der Waals surface area contributed by atoms with Crippen LogP contribution < -0.4 is 4.90 Å². The Hall–Kier alpha value is -3.36. The van der Waals surface area contributed by atoms with Crippen LogP contribution in [0.3, 0.4) is 0 Å². The molecule has 226 valence electrons. The van der Waals surface area contributed by atoms with E-state index in [0.29, 0.717) is 19.6 Å². The third-order valence-electron chi connectivity index (χ3n) is 9.57. The number of likely N-dealkylation sites (tertiary alicyclic amines) is 1. The Morgan fingerprint density at radius 1 is 0.953 bits per heavy atom. The van der Waals surface area contributed by atoms with Crippen molar-refractivity contribution < 1.29 is 24.2 Å². The molecule has 1 N–H and O–H groups in total. The van der Waals surface area contributed by atoms with Gasteiger partial charge in [0.05, 0.1) is 35.8 Å². The highest BCUT2D eigenvalue weighted by Gasteiger charge is 2.74. The summed E-state index contributed by atoms with van der Waals surface area (Å²) in [6.45, 7) is 6.34. The Labute approximate surface area is 258 Å². The number of hydrogen-bond donors (Lipinski definition) is 1. The van der Waals surface area contributed by atoms with Crippen LogP contribution in [0.25, 0.3) is 0 Å². The van der Waals surface area contributed by atoms with E-state index in [1.54, 1.807) is 9.80 Å². The van der Waals surface area contributed by atoms with Gasteiger partial charge < -0.3 is 19.6 Å². The molecule has 1 unspecified atom stereocenters. The van der Waals surface area contributed by atoms with Crippen molar-refractivity contribution in [2.24, 2.45) is 11.8 Å². The zero-order valence-electron chi connectivity index (χ0n) is 25.1. The van der Waals surface area contributed by atoms with E-state index in [1.807, 2.05) is 81.5 Å². The Morgan fingerprint density at radius 2 is 1.70 bits per heavy atom. The number of aryl methyl sites for hydroxylation is 2. The van der Waals surface area contributed by atoms with E-state index in [4.69, 9.17) is 4.74 Å². The fourth-order valence-corrected chi connectivity index (χ4v) is 9.84. The van der Waals surface area contributed by atoms with E-state index in [0.717, 1.165) is 41.6 Å². The SMILES string of the molecule is Cc1cccc(C)c1N1CC=C[C@]23S[C@]4(C)/C=C\CCCCOC(=O)[C@@H]4[C@H]2C(=O)N([C@@H](CO)Cc2ccccc2)C3C1=O. The number of nitrogens with zero attached hydrogens (tertiary/aromatic N) is 2. The van der Waals surface area contributed by atoms with Crippen molar-refractivity contribution in [2.75, 3.05) is 24.7 Å². The minimum absolute atomic E-state index is 0.193. The van der Waals surface area contributed by atoms with E-state index in [2.05, 4.69) is 12.2 Å². The molecule has 2 aromatic rings. The van der Waals surface area contributed by atoms with E-state index >= 15 is 0 Å². The van der Waals surface area contributed by atoms with Crippen LogP contribution in [0, 0.1) is 25.7 Å².